The second-order valence-corrected chi connectivity index (χ2v) is 5.43. The van der Waals surface area contributed by atoms with E-state index in [4.69, 9.17) is 23.2 Å². The van der Waals surface area contributed by atoms with Crippen LogP contribution in [0.1, 0.15) is 31.6 Å². The van der Waals surface area contributed by atoms with Crippen LogP contribution in [0.3, 0.4) is 0 Å². The molecule has 0 aliphatic heterocycles. The van der Waals surface area contributed by atoms with E-state index >= 15 is 0 Å². The Morgan fingerprint density at radius 3 is 2.69 bits per heavy atom. The molecule has 0 spiro atoms. The Bertz CT molecular complexity index is 361. The molecule has 1 aromatic heterocycles. The molecule has 1 N–H and O–H groups in total. The number of hydrogen-bond donors (Lipinski definition) is 1. The first kappa shape index (κ1) is 14.0. The van der Waals surface area contributed by atoms with Crippen molar-refractivity contribution in [3.8, 4) is 0 Å². The van der Waals surface area contributed by atoms with Gasteiger partial charge in [0.2, 0.25) is 0 Å². The van der Waals surface area contributed by atoms with Crippen molar-refractivity contribution >= 4 is 40.6 Å². The van der Waals surface area contributed by atoms with E-state index in [0.29, 0.717) is 9.62 Å². The third-order valence-electron chi connectivity index (χ3n) is 2.15. The number of aromatic nitrogens is 1. The molecule has 0 aliphatic rings. The van der Waals surface area contributed by atoms with Crippen molar-refractivity contribution in [1.29, 1.82) is 0 Å². The summed E-state index contributed by atoms with van der Waals surface area (Å²) in [6.07, 6.45) is 4.22. The van der Waals surface area contributed by atoms with Gasteiger partial charge in [0.1, 0.15) is 5.15 Å². The lowest BCUT2D eigenvalue weighted by molar-refractivity contribution is 0.706. The monoisotopic (exact) mass is 278 g/mol. The molecule has 0 unspecified atom stereocenters. The van der Waals surface area contributed by atoms with E-state index < -0.39 is 0 Å². The summed E-state index contributed by atoms with van der Waals surface area (Å²) in [4.78, 5) is 4.93. The van der Waals surface area contributed by atoms with Gasteiger partial charge >= 0.3 is 0 Å². The molecule has 0 aliphatic carbocycles. The second-order valence-electron chi connectivity index (χ2n) is 3.45. The Labute approximate surface area is 111 Å². The van der Waals surface area contributed by atoms with Gasteiger partial charge in [-0.05, 0) is 25.5 Å². The van der Waals surface area contributed by atoms with E-state index in [1.807, 2.05) is 0 Å². The van der Waals surface area contributed by atoms with E-state index in [2.05, 4.69) is 30.2 Å². The molecule has 0 amide bonds. The van der Waals surface area contributed by atoms with E-state index in [-0.39, 0.29) is 0 Å². The van der Waals surface area contributed by atoms with E-state index in [1.165, 1.54) is 16.9 Å². The maximum Gasteiger partial charge on any atom is 0.185 e. The topological polar surface area (TPSA) is 24.9 Å². The van der Waals surface area contributed by atoms with Crippen LogP contribution in [-0.4, -0.2) is 18.1 Å². The molecule has 16 heavy (non-hydrogen) atoms. The lowest BCUT2D eigenvalue weighted by atomic mass is 10.2. The minimum absolute atomic E-state index is 0.494. The third-order valence-corrected chi connectivity index (χ3v) is 3.66. The first-order chi connectivity index (χ1) is 7.67. The molecule has 0 atom stereocenters. The van der Waals surface area contributed by atoms with Gasteiger partial charge in [-0.2, -0.15) is 0 Å². The Hall–Kier alpha value is -0.0900. The number of nitrogens with one attached hydrogen (secondary N) is 1. The predicted molar refractivity (Wildman–Crippen MR) is 73.6 cm³/mol. The van der Waals surface area contributed by atoms with Crippen LogP contribution in [0.5, 0.6) is 0 Å². The standard InChI is InChI=1S/C11H16Cl2N2S/c1-3-5-14-7-8(4-2)6-9-10(12)15-11(13)16-9/h6,14H,3-5,7H2,1-2H3. The number of halogens is 2. The zero-order valence-electron chi connectivity index (χ0n) is 9.52. The van der Waals surface area contributed by atoms with Gasteiger partial charge in [0, 0.05) is 6.54 Å². The highest BCUT2D eigenvalue weighted by atomic mass is 35.5. The summed E-state index contributed by atoms with van der Waals surface area (Å²) in [5, 5.41) is 3.87. The molecule has 0 saturated carbocycles. The Kier molecular flexibility index (Phi) is 6.36. The van der Waals surface area contributed by atoms with Crippen LogP contribution in [0.25, 0.3) is 6.08 Å². The van der Waals surface area contributed by atoms with Crippen LogP contribution in [-0.2, 0) is 0 Å². The smallest absolute Gasteiger partial charge is 0.185 e. The van der Waals surface area contributed by atoms with Crippen molar-refractivity contribution in [2.45, 2.75) is 26.7 Å². The minimum Gasteiger partial charge on any atom is -0.313 e. The van der Waals surface area contributed by atoms with Crippen molar-refractivity contribution in [1.82, 2.24) is 10.3 Å². The summed E-state index contributed by atoms with van der Waals surface area (Å²) in [6, 6.07) is 0. The van der Waals surface area contributed by atoms with Gasteiger partial charge in [-0.1, -0.05) is 42.6 Å². The molecule has 5 heteroatoms. The molecule has 0 fully saturated rings. The van der Waals surface area contributed by atoms with E-state index in [1.54, 1.807) is 0 Å². The third kappa shape index (κ3) is 4.42. The molecule has 0 bridgehead atoms. The molecule has 90 valence electrons. The molecule has 0 aromatic carbocycles. The summed E-state index contributed by atoms with van der Waals surface area (Å²) in [5.74, 6) is 0. The lowest BCUT2D eigenvalue weighted by Crippen LogP contribution is -2.17. The van der Waals surface area contributed by atoms with Gasteiger partial charge in [-0.25, -0.2) is 4.98 Å². The molecule has 1 heterocycles. The highest BCUT2D eigenvalue weighted by Crippen LogP contribution is 2.28. The average Bonchev–Trinajstić information content (AvgIpc) is 2.56. The van der Waals surface area contributed by atoms with Crippen molar-refractivity contribution in [2.24, 2.45) is 0 Å². The van der Waals surface area contributed by atoms with Gasteiger partial charge in [0.25, 0.3) is 0 Å². The van der Waals surface area contributed by atoms with Crippen LogP contribution in [0.4, 0.5) is 0 Å². The second kappa shape index (κ2) is 7.28. The maximum atomic E-state index is 5.96. The van der Waals surface area contributed by atoms with Crippen molar-refractivity contribution in [2.75, 3.05) is 13.1 Å². The average molecular weight is 279 g/mol. The highest BCUT2D eigenvalue weighted by molar-refractivity contribution is 7.17. The fraction of sp³-hybridized carbons (Fsp3) is 0.545. The van der Waals surface area contributed by atoms with Gasteiger partial charge in [-0.3, -0.25) is 0 Å². The fourth-order valence-corrected chi connectivity index (χ4v) is 2.62. The largest absolute Gasteiger partial charge is 0.313 e. The Balaban J connectivity index is 2.67. The molecule has 2 nitrogen and oxygen atoms in total. The summed E-state index contributed by atoms with van der Waals surface area (Å²) < 4.78 is 0.494. The first-order valence-electron chi connectivity index (χ1n) is 5.39. The van der Waals surface area contributed by atoms with Crippen LogP contribution < -0.4 is 5.32 Å². The van der Waals surface area contributed by atoms with Crippen molar-refractivity contribution in [3.63, 3.8) is 0 Å². The van der Waals surface area contributed by atoms with Gasteiger partial charge < -0.3 is 5.32 Å². The lowest BCUT2D eigenvalue weighted by Gasteiger charge is -2.05. The van der Waals surface area contributed by atoms with Crippen LogP contribution in [0.15, 0.2) is 5.57 Å². The highest BCUT2D eigenvalue weighted by Gasteiger charge is 2.06. The fourth-order valence-electron chi connectivity index (χ4n) is 1.27. The summed E-state index contributed by atoms with van der Waals surface area (Å²) >= 11 is 13.2. The van der Waals surface area contributed by atoms with E-state index in [9.17, 15) is 0 Å². The SMILES string of the molecule is CCCNCC(=Cc1sc(Cl)nc1Cl)CC. The Morgan fingerprint density at radius 2 is 2.19 bits per heavy atom. The molecule has 0 saturated heterocycles. The van der Waals surface area contributed by atoms with Gasteiger partial charge in [0.05, 0.1) is 4.88 Å². The molecular formula is C11H16Cl2N2S. The number of rotatable bonds is 6. The quantitative estimate of drug-likeness (QED) is 0.788. The molecule has 1 aromatic rings. The maximum absolute atomic E-state index is 5.96. The summed E-state index contributed by atoms with van der Waals surface area (Å²) in [6.45, 7) is 6.23. The number of thiazole rings is 1. The van der Waals surface area contributed by atoms with Crippen LogP contribution >= 0.6 is 34.5 Å². The number of nitrogens with zero attached hydrogens (tertiary/aromatic N) is 1. The van der Waals surface area contributed by atoms with Gasteiger partial charge in [0.15, 0.2) is 4.47 Å². The Morgan fingerprint density at radius 1 is 1.44 bits per heavy atom. The summed E-state index contributed by atoms with van der Waals surface area (Å²) in [5.41, 5.74) is 1.32. The van der Waals surface area contributed by atoms with Crippen molar-refractivity contribution < 1.29 is 0 Å². The predicted octanol–water partition coefficient (Wildman–Crippen LogP) is 4.24. The molecule has 0 radical (unpaired) electrons. The van der Waals surface area contributed by atoms with Crippen LogP contribution in [0.2, 0.25) is 9.62 Å². The minimum atomic E-state index is 0.494. The number of hydrogen-bond acceptors (Lipinski definition) is 3. The first-order valence-corrected chi connectivity index (χ1v) is 6.96. The normalized spacial score (nSPS) is 12.1. The molecule has 1 rings (SSSR count). The zero-order chi connectivity index (χ0) is 12.0. The van der Waals surface area contributed by atoms with E-state index in [0.717, 1.165) is 30.8 Å². The van der Waals surface area contributed by atoms with Crippen molar-refractivity contribution in [3.05, 3.63) is 20.1 Å². The summed E-state index contributed by atoms with van der Waals surface area (Å²) in [7, 11) is 0. The van der Waals surface area contributed by atoms with Crippen LogP contribution in [0, 0.1) is 0 Å². The zero-order valence-corrected chi connectivity index (χ0v) is 11.8. The van der Waals surface area contributed by atoms with Gasteiger partial charge in [-0.15, -0.1) is 11.3 Å². The molecular weight excluding hydrogens is 263 g/mol.